The smallest absolute Gasteiger partial charge is 0.402 e. The third kappa shape index (κ3) is 3.06. The lowest BCUT2D eigenvalue weighted by atomic mass is 9.82. The summed E-state index contributed by atoms with van der Waals surface area (Å²) in [6.45, 7) is 1.97. The Morgan fingerprint density at radius 1 is 1.38 bits per heavy atom. The molecule has 0 radical (unpaired) electrons. The fraction of sp³-hybridized carbons (Fsp3) is 0.364. The molecule has 0 saturated carbocycles. The average Bonchev–Trinajstić information content (AvgIpc) is 3.21. The highest BCUT2D eigenvalue weighted by Crippen LogP contribution is 2.55. The number of fused-ring (bicyclic) bond motifs is 5. The van der Waals surface area contributed by atoms with E-state index in [0.717, 1.165) is 10.2 Å². The van der Waals surface area contributed by atoms with Crippen molar-refractivity contribution >= 4 is 44.3 Å². The molecule has 178 valence electrons. The van der Waals surface area contributed by atoms with Gasteiger partial charge in [-0.25, -0.2) is 9.78 Å². The van der Waals surface area contributed by atoms with Crippen molar-refractivity contribution in [2.45, 2.75) is 24.7 Å². The average molecular weight is 486 g/mol. The first-order valence-corrected chi connectivity index (χ1v) is 11.4. The number of hydrogen-bond acceptors (Lipinski definition) is 10. The van der Waals surface area contributed by atoms with Crippen LogP contribution in [0.5, 0.6) is 0 Å². The van der Waals surface area contributed by atoms with Crippen molar-refractivity contribution in [3.05, 3.63) is 46.8 Å². The van der Waals surface area contributed by atoms with Gasteiger partial charge in [-0.15, -0.1) is 0 Å². The molecule has 4 atom stereocenters. The maximum Gasteiger partial charge on any atom is 0.402 e. The number of amides is 1. The van der Waals surface area contributed by atoms with E-state index < -0.39 is 17.7 Å². The minimum absolute atomic E-state index is 0.00757. The van der Waals surface area contributed by atoms with Crippen molar-refractivity contribution in [2.24, 2.45) is 11.7 Å². The summed E-state index contributed by atoms with van der Waals surface area (Å²) in [5.74, 6) is -1.07. The summed E-state index contributed by atoms with van der Waals surface area (Å²) >= 11 is 1.43. The molecule has 1 aromatic carbocycles. The number of ether oxygens (including phenoxy) is 1. The van der Waals surface area contributed by atoms with Crippen LogP contribution in [0.25, 0.3) is 10.2 Å². The number of methoxy groups -OCH3 is 1. The number of allylic oxidation sites excluding steroid dienone is 2. The fourth-order valence-corrected chi connectivity index (χ4v) is 6.20. The third-order valence-corrected chi connectivity index (χ3v) is 7.70. The van der Waals surface area contributed by atoms with Gasteiger partial charge in [0.15, 0.2) is 10.9 Å². The lowest BCUT2D eigenvalue weighted by Crippen LogP contribution is -2.54. The zero-order valence-corrected chi connectivity index (χ0v) is 19.2. The predicted octanol–water partition coefficient (Wildman–Crippen LogP) is 0.632. The summed E-state index contributed by atoms with van der Waals surface area (Å²) in [4.78, 5) is 42.2. The second-order valence-corrected chi connectivity index (χ2v) is 9.45. The summed E-state index contributed by atoms with van der Waals surface area (Å²) < 4.78 is 6.90. The van der Waals surface area contributed by atoms with Crippen LogP contribution in [-0.4, -0.2) is 75.8 Å². The first kappa shape index (κ1) is 22.5. The molecule has 1 amide bonds. The molecule has 2 aromatic rings. The highest BCUT2D eigenvalue weighted by Gasteiger charge is 2.72. The normalized spacial score (nSPS) is 29.0. The number of ketones is 2. The molecule has 4 unspecified atom stereocenters. The first-order chi connectivity index (χ1) is 16.2. The lowest BCUT2D eigenvalue weighted by molar-refractivity contribution is -0.137. The summed E-state index contributed by atoms with van der Waals surface area (Å²) in [6.07, 6.45) is -1.33. The number of primary amides is 1. The van der Waals surface area contributed by atoms with Gasteiger partial charge in [-0.05, 0) is 19.1 Å². The van der Waals surface area contributed by atoms with Gasteiger partial charge in [0.1, 0.15) is 0 Å². The molecule has 0 spiro atoms. The number of aliphatic hydroxyl groups is 1. The van der Waals surface area contributed by atoms with Crippen molar-refractivity contribution < 1.29 is 29.3 Å². The Bertz CT molecular complexity index is 1260. The summed E-state index contributed by atoms with van der Waals surface area (Å²) in [5, 5.41) is 24.4. The molecule has 6 rings (SSSR count). The number of benzene rings is 1. The van der Waals surface area contributed by atoms with Gasteiger partial charge in [0.05, 0.1) is 40.2 Å². The van der Waals surface area contributed by atoms with Gasteiger partial charge >= 0.3 is 6.09 Å². The number of carbonyl (C=O) groups is 3. The number of piperazine rings is 1. The number of thiazole rings is 1. The quantitative estimate of drug-likeness (QED) is 0.305. The topological polar surface area (TPSA) is 177 Å². The number of Topliss-reactive ketones (excluding diaryl/α,β-unsaturated/α-hetero) is 2. The molecule has 12 heteroatoms. The van der Waals surface area contributed by atoms with E-state index in [0.29, 0.717) is 28.5 Å². The SMILES string of the molecule is COC12C(CO)C3=C(C(=O)C(C)=C(Nc4nc5ccccc5s4)C3=O)N1CC1NC12.NC(=O)O. The van der Waals surface area contributed by atoms with E-state index in [-0.39, 0.29) is 36.0 Å². The van der Waals surface area contributed by atoms with Crippen LogP contribution in [0.1, 0.15) is 6.92 Å². The van der Waals surface area contributed by atoms with Gasteiger partial charge < -0.3 is 36.2 Å². The van der Waals surface area contributed by atoms with Crippen molar-refractivity contribution in [1.29, 1.82) is 0 Å². The number of carbonyl (C=O) groups excluding carboxylic acids is 2. The van der Waals surface area contributed by atoms with Gasteiger partial charge in [0.2, 0.25) is 11.6 Å². The molecule has 2 saturated heterocycles. The van der Waals surface area contributed by atoms with Crippen molar-refractivity contribution in [3.8, 4) is 0 Å². The van der Waals surface area contributed by atoms with E-state index in [9.17, 15) is 14.7 Å². The minimum Gasteiger partial charge on any atom is -0.465 e. The minimum atomic E-state index is -1.33. The number of rotatable bonds is 4. The molecule has 34 heavy (non-hydrogen) atoms. The number of nitrogens with two attached hydrogens (primary N) is 1. The largest absolute Gasteiger partial charge is 0.465 e. The molecule has 3 aliphatic heterocycles. The van der Waals surface area contributed by atoms with Gasteiger partial charge in [-0.3, -0.25) is 9.59 Å². The predicted molar refractivity (Wildman–Crippen MR) is 123 cm³/mol. The summed E-state index contributed by atoms with van der Waals surface area (Å²) in [7, 11) is 1.58. The van der Waals surface area contributed by atoms with Crippen LogP contribution in [0.2, 0.25) is 0 Å². The monoisotopic (exact) mass is 485 g/mol. The van der Waals surface area contributed by atoms with E-state index >= 15 is 0 Å². The van der Waals surface area contributed by atoms with Crippen LogP contribution in [0, 0.1) is 5.92 Å². The van der Waals surface area contributed by atoms with Crippen molar-refractivity contribution in [1.82, 2.24) is 15.2 Å². The number of carboxylic acid groups (broad SMARTS) is 1. The van der Waals surface area contributed by atoms with Crippen LogP contribution < -0.4 is 16.4 Å². The third-order valence-electron chi connectivity index (χ3n) is 6.74. The Balaban J connectivity index is 0.000000560. The Kier molecular flexibility index (Phi) is 5.20. The van der Waals surface area contributed by atoms with E-state index in [1.54, 1.807) is 14.0 Å². The molecule has 6 N–H and O–H groups in total. The van der Waals surface area contributed by atoms with Gasteiger partial charge in [0.25, 0.3) is 0 Å². The van der Waals surface area contributed by atoms with E-state index in [1.807, 2.05) is 29.2 Å². The van der Waals surface area contributed by atoms with Gasteiger partial charge in [-0.1, -0.05) is 23.5 Å². The standard InChI is InChI=1S/C21H20N4O4S.CH3NO2/c1-9-15(24-20-23-11-5-3-4-6-13(11)30-20)18(28)14-10(8-26)21(29-2)19-12(22-19)7-25(21)16(14)17(9)27;2-1(3)4/h3-6,10,12,19,22,26H,7-8H2,1-2H3,(H,23,24);2H2,(H,3,4). The number of para-hydroxylation sites is 1. The van der Waals surface area contributed by atoms with Crippen LogP contribution in [-0.2, 0) is 14.3 Å². The van der Waals surface area contributed by atoms with Gasteiger partial charge in [-0.2, -0.15) is 0 Å². The van der Waals surface area contributed by atoms with Crippen LogP contribution in [0.3, 0.4) is 0 Å². The first-order valence-electron chi connectivity index (χ1n) is 10.6. The van der Waals surface area contributed by atoms with Gasteiger partial charge in [0, 0.05) is 30.8 Å². The van der Waals surface area contributed by atoms with E-state index in [2.05, 4.69) is 21.4 Å². The number of aromatic nitrogens is 1. The number of nitrogens with one attached hydrogen (secondary N) is 2. The van der Waals surface area contributed by atoms with E-state index in [4.69, 9.17) is 14.6 Å². The Morgan fingerprint density at radius 2 is 2.09 bits per heavy atom. The highest BCUT2D eigenvalue weighted by molar-refractivity contribution is 7.22. The second kappa shape index (κ2) is 7.87. The molecule has 2 fully saturated rings. The lowest BCUT2D eigenvalue weighted by Gasteiger charge is -2.39. The molecule has 1 aromatic heterocycles. The Hall–Kier alpha value is -3.32. The highest BCUT2D eigenvalue weighted by atomic mass is 32.1. The van der Waals surface area contributed by atoms with Crippen LogP contribution in [0.15, 0.2) is 46.8 Å². The fourth-order valence-electron chi connectivity index (χ4n) is 5.33. The number of anilines is 1. The number of aliphatic hydroxyl groups excluding tert-OH is 1. The number of nitrogens with zero attached hydrogens (tertiary/aromatic N) is 2. The molecule has 4 heterocycles. The number of hydrogen-bond donors (Lipinski definition) is 5. The molecule has 11 nitrogen and oxygen atoms in total. The maximum atomic E-state index is 13.6. The van der Waals surface area contributed by atoms with Crippen molar-refractivity contribution in [3.63, 3.8) is 0 Å². The van der Waals surface area contributed by atoms with Crippen LogP contribution in [0.4, 0.5) is 9.93 Å². The Morgan fingerprint density at radius 3 is 2.74 bits per heavy atom. The van der Waals surface area contributed by atoms with E-state index in [1.165, 1.54) is 11.3 Å². The molecular weight excluding hydrogens is 462 g/mol. The second-order valence-electron chi connectivity index (χ2n) is 8.42. The zero-order chi connectivity index (χ0) is 24.4. The molecule has 1 aliphatic carbocycles. The maximum absolute atomic E-state index is 13.6. The zero-order valence-electron chi connectivity index (χ0n) is 18.4. The summed E-state index contributed by atoms with van der Waals surface area (Å²) in [6, 6.07) is 7.91. The van der Waals surface area contributed by atoms with Crippen molar-refractivity contribution in [2.75, 3.05) is 25.6 Å². The molecule has 0 bridgehead atoms. The Labute approximate surface area is 197 Å². The van der Waals surface area contributed by atoms with Crippen LogP contribution >= 0.6 is 11.3 Å². The molecular formula is C22H23N5O6S. The summed E-state index contributed by atoms with van der Waals surface area (Å²) in [5.41, 5.74) is 5.25. The molecule has 4 aliphatic rings.